The molecule has 6 heteroatoms. The average Bonchev–Trinajstić information content (AvgIpc) is 2.82. The monoisotopic (exact) mass is 445 g/mol. The molecule has 0 saturated carbocycles. The third-order valence-electron chi connectivity index (χ3n) is 5.95. The molecule has 3 aromatic carbocycles. The van der Waals surface area contributed by atoms with E-state index in [1.54, 1.807) is 15.9 Å². The Balaban J connectivity index is 1.53. The molecule has 1 saturated heterocycles. The molecule has 3 aromatic rings. The van der Waals surface area contributed by atoms with E-state index in [0.717, 1.165) is 17.5 Å². The molecular formula is C27H28FN3O2. The van der Waals surface area contributed by atoms with Crippen molar-refractivity contribution in [2.24, 2.45) is 0 Å². The number of amides is 3. The van der Waals surface area contributed by atoms with Crippen molar-refractivity contribution in [3.05, 3.63) is 95.8 Å². The number of rotatable bonds is 7. The van der Waals surface area contributed by atoms with Crippen LogP contribution in [0.5, 0.6) is 0 Å². The normalized spacial score (nSPS) is 14.8. The number of urea groups is 1. The number of benzene rings is 3. The van der Waals surface area contributed by atoms with Crippen molar-refractivity contribution in [2.75, 3.05) is 23.3 Å². The van der Waals surface area contributed by atoms with E-state index >= 15 is 0 Å². The van der Waals surface area contributed by atoms with Gasteiger partial charge in [-0.25, -0.2) is 9.18 Å². The van der Waals surface area contributed by atoms with E-state index in [4.69, 9.17) is 0 Å². The summed E-state index contributed by atoms with van der Waals surface area (Å²) in [5.74, 6) is -0.691. The standard InChI is InChI=1S/C27H28FN3O2/c1-2-23(21-11-4-3-5-12-21)26(32)29-24-14-6-7-15-25(24)31-17-9-16-30(27(31)33)19-20-10-8-13-22(28)18-20/h3-8,10-15,18,23H,2,9,16-17,19H2,1H3,(H,29,32). The second kappa shape index (κ2) is 10.3. The predicted octanol–water partition coefficient (Wildman–Crippen LogP) is 5.79. The van der Waals surface area contributed by atoms with Gasteiger partial charge in [-0.3, -0.25) is 9.69 Å². The van der Waals surface area contributed by atoms with E-state index in [0.29, 0.717) is 37.4 Å². The Hall–Kier alpha value is -3.67. The highest BCUT2D eigenvalue weighted by Gasteiger charge is 2.29. The van der Waals surface area contributed by atoms with Crippen molar-refractivity contribution in [3.8, 4) is 0 Å². The lowest BCUT2D eigenvalue weighted by atomic mass is 9.95. The number of nitrogens with zero attached hydrogens (tertiary/aromatic N) is 2. The molecule has 1 aliphatic rings. The topological polar surface area (TPSA) is 52.7 Å². The van der Waals surface area contributed by atoms with Crippen LogP contribution in [0.1, 0.15) is 36.8 Å². The molecule has 33 heavy (non-hydrogen) atoms. The predicted molar refractivity (Wildman–Crippen MR) is 129 cm³/mol. The molecule has 1 heterocycles. The first-order chi connectivity index (χ1) is 16.1. The lowest BCUT2D eigenvalue weighted by molar-refractivity contribution is -0.117. The molecule has 170 valence electrons. The SMILES string of the molecule is CCC(C(=O)Nc1ccccc1N1CCCN(Cc2cccc(F)c2)C1=O)c1ccccc1. The van der Waals surface area contributed by atoms with Gasteiger partial charge in [0.05, 0.1) is 17.3 Å². The fourth-order valence-corrected chi connectivity index (χ4v) is 4.30. The van der Waals surface area contributed by atoms with Gasteiger partial charge in [-0.05, 0) is 48.2 Å². The Morgan fingerprint density at radius 1 is 1.00 bits per heavy atom. The van der Waals surface area contributed by atoms with Crippen molar-refractivity contribution < 1.29 is 14.0 Å². The van der Waals surface area contributed by atoms with Crippen LogP contribution in [0, 0.1) is 5.82 Å². The first-order valence-electron chi connectivity index (χ1n) is 11.3. The van der Waals surface area contributed by atoms with Crippen LogP contribution in [0.2, 0.25) is 0 Å². The van der Waals surface area contributed by atoms with Crippen LogP contribution in [0.25, 0.3) is 0 Å². The summed E-state index contributed by atoms with van der Waals surface area (Å²) in [6.07, 6.45) is 1.45. The van der Waals surface area contributed by atoms with Gasteiger partial charge in [0.2, 0.25) is 5.91 Å². The largest absolute Gasteiger partial charge is 0.324 e. The third-order valence-corrected chi connectivity index (χ3v) is 5.95. The lowest BCUT2D eigenvalue weighted by Gasteiger charge is -2.36. The van der Waals surface area contributed by atoms with Crippen molar-refractivity contribution in [1.29, 1.82) is 0 Å². The lowest BCUT2D eigenvalue weighted by Crippen LogP contribution is -2.49. The van der Waals surface area contributed by atoms with Crippen molar-refractivity contribution >= 4 is 23.3 Å². The molecule has 3 amide bonds. The number of anilines is 2. The number of hydrogen-bond donors (Lipinski definition) is 1. The van der Waals surface area contributed by atoms with Crippen LogP contribution in [0.4, 0.5) is 20.6 Å². The quantitative estimate of drug-likeness (QED) is 0.500. The molecule has 1 N–H and O–H groups in total. The van der Waals surface area contributed by atoms with E-state index in [9.17, 15) is 14.0 Å². The maximum Gasteiger partial charge on any atom is 0.324 e. The molecular weight excluding hydrogens is 417 g/mol. The van der Waals surface area contributed by atoms with Crippen LogP contribution < -0.4 is 10.2 Å². The fourth-order valence-electron chi connectivity index (χ4n) is 4.30. The van der Waals surface area contributed by atoms with E-state index in [1.807, 2.05) is 67.6 Å². The molecule has 4 rings (SSSR count). The van der Waals surface area contributed by atoms with Crippen LogP contribution in [-0.4, -0.2) is 29.9 Å². The molecule has 0 aromatic heterocycles. The minimum atomic E-state index is -0.314. The number of carbonyl (C=O) groups excluding carboxylic acids is 2. The molecule has 0 radical (unpaired) electrons. The summed E-state index contributed by atoms with van der Waals surface area (Å²) >= 11 is 0. The van der Waals surface area contributed by atoms with Crippen LogP contribution in [0.3, 0.4) is 0 Å². The summed E-state index contributed by atoms with van der Waals surface area (Å²) < 4.78 is 13.6. The Bertz CT molecular complexity index is 1120. The molecule has 0 spiro atoms. The third kappa shape index (κ3) is 5.22. The number of nitrogens with one attached hydrogen (secondary N) is 1. The Morgan fingerprint density at radius 3 is 2.52 bits per heavy atom. The minimum Gasteiger partial charge on any atom is -0.324 e. The van der Waals surface area contributed by atoms with Crippen LogP contribution in [-0.2, 0) is 11.3 Å². The van der Waals surface area contributed by atoms with E-state index in [-0.39, 0.29) is 23.7 Å². The first kappa shape index (κ1) is 22.5. The minimum absolute atomic E-state index is 0.0998. The van der Waals surface area contributed by atoms with Crippen molar-refractivity contribution in [2.45, 2.75) is 32.2 Å². The highest BCUT2D eigenvalue weighted by molar-refractivity contribution is 6.02. The maximum atomic E-state index is 13.6. The molecule has 1 fully saturated rings. The van der Waals surface area contributed by atoms with Gasteiger partial charge in [-0.15, -0.1) is 0 Å². The van der Waals surface area contributed by atoms with Crippen molar-refractivity contribution in [1.82, 2.24) is 4.90 Å². The van der Waals surface area contributed by atoms with E-state index < -0.39 is 0 Å². The van der Waals surface area contributed by atoms with Crippen LogP contribution in [0.15, 0.2) is 78.9 Å². The Morgan fingerprint density at radius 2 is 1.76 bits per heavy atom. The molecule has 1 atom stereocenters. The van der Waals surface area contributed by atoms with Gasteiger partial charge in [-0.1, -0.05) is 61.5 Å². The van der Waals surface area contributed by atoms with E-state index in [2.05, 4.69) is 5.32 Å². The maximum absolute atomic E-state index is 13.6. The first-order valence-corrected chi connectivity index (χ1v) is 11.3. The van der Waals surface area contributed by atoms with Gasteiger partial charge in [0.25, 0.3) is 0 Å². The summed E-state index contributed by atoms with van der Waals surface area (Å²) in [6, 6.07) is 23.3. The molecule has 0 bridgehead atoms. The summed E-state index contributed by atoms with van der Waals surface area (Å²) in [7, 11) is 0. The van der Waals surface area contributed by atoms with Gasteiger partial charge < -0.3 is 10.2 Å². The number of hydrogen-bond acceptors (Lipinski definition) is 2. The van der Waals surface area contributed by atoms with Gasteiger partial charge in [0, 0.05) is 19.6 Å². The molecule has 5 nitrogen and oxygen atoms in total. The summed E-state index contributed by atoms with van der Waals surface area (Å²) in [5.41, 5.74) is 2.99. The van der Waals surface area contributed by atoms with Gasteiger partial charge in [0.1, 0.15) is 5.82 Å². The highest BCUT2D eigenvalue weighted by atomic mass is 19.1. The zero-order valence-corrected chi connectivity index (χ0v) is 18.7. The summed E-state index contributed by atoms with van der Waals surface area (Å²) in [4.78, 5) is 29.9. The van der Waals surface area contributed by atoms with E-state index in [1.165, 1.54) is 12.1 Å². The van der Waals surface area contributed by atoms with Crippen molar-refractivity contribution in [3.63, 3.8) is 0 Å². The molecule has 1 unspecified atom stereocenters. The zero-order valence-electron chi connectivity index (χ0n) is 18.7. The van der Waals surface area contributed by atoms with Gasteiger partial charge in [0.15, 0.2) is 0 Å². The van der Waals surface area contributed by atoms with Gasteiger partial charge >= 0.3 is 6.03 Å². The van der Waals surface area contributed by atoms with Crippen LogP contribution >= 0.6 is 0 Å². The number of halogens is 1. The zero-order chi connectivity index (χ0) is 23.2. The second-order valence-corrected chi connectivity index (χ2v) is 8.22. The fraction of sp³-hybridized carbons (Fsp3) is 0.259. The summed E-state index contributed by atoms with van der Waals surface area (Å²) in [6.45, 7) is 3.49. The smallest absolute Gasteiger partial charge is 0.324 e. The number of para-hydroxylation sites is 2. The summed E-state index contributed by atoms with van der Waals surface area (Å²) in [5, 5.41) is 3.05. The Labute approximate surface area is 193 Å². The average molecular weight is 446 g/mol. The Kier molecular flexibility index (Phi) is 7.03. The highest BCUT2D eigenvalue weighted by Crippen LogP contribution is 2.31. The van der Waals surface area contributed by atoms with Gasteiger partial charge in [-0.2, -0.15) is 0 Å². The molecule has 0 aliphatic carbocycles. The number of carbonyl (C=O) groups is 2. The second-order valence-electron chi connectivity index (χ2n) is 8.22. The molecule has 1 aliphatic heterocycles.